The van der Waals surface area contributed by atoms with E-state index in [1.807, 2.05) is 0 Å². The maximum atomic E-state index is 13.5. The number of hydrogen-bond acceptors (Lipinski definition) is 3. The average Bonchev–Trinajstić information content (AvgIpc) is 2.83. The predicted octanol–water partition coefficient (Wildman–Crippen LogP) is 7.72. The first kappa shape index (κ1) is 29.9. The van der Waals surface area contributed by atoms with Gasteiger partial charge in [0.1, 0.15) is 0 Å². The number of alkyl halides is 9. The molecule has 2 aromatic carbocycles. The van der Waals surface area contributed by atoms with Crippen molar-refractivity contribution in [3.63, 3.8) is 0 Å². The molecule has 3 rings (SSSR count). The van der Waals surface area contributed by atoms with Gasteiger partial charge in [-0.2, -0.15) is 39.5 Å². The SMILES string of the molecule is CC[C@H]1C[C@@H](N(Cc2cc(C(F)(F)F)cc(C(F)(F)F)c2)C(=O)OC)c2cc(C(F)(F)F)ccc2N1C(=O)O. The summed E-state index contributed by atoms with van der Waals surface area (Å²) in [6, 6.07) is 0.525. The van der Waals surface area contributed by atoms with Crippen LogP contribution >= 0.6 is 0 Å². The largest absolute Gasteiger partial charge is 0.465 e. The van der Waals surface area contributed by atoms with Gasteiger partial charge in [0, 0.05) is 12.6 Å². The molecule has 2 amide bonds. The van der Waals surface area contributed by atoms with Crippen LogP contribution < -0.4 is 4.90 Å². The normalized spacial score (nSPS) is 18.0. The molecule has 1 aliphatic heterocycles. The van der Waals surface area contributed by atoms with E-state index in [1.54, 1.807) is 6.92 Å². The van der Waals surface area contributed by atoms with Crippen molar-refractivity contribution in [1.29, 1.82) is 0 Å². The summed E-state index contributed by atoms with van der Waals surface area (Å²) in [5.41, 5.74) is -5.65. The highest BCUT2D eigenvalue weighted by Gasteiger charge is 2.43. The summed E-state index contributed by atoms with van der Waals surface area (Å²) in [6.45, 7) is 0.654. The third kappa shape index (κ3) is 6.33. The molecule has 0 radical (unpaired) electrons. The number of fused-ring (bicyclic) bond motifs is 1. The number of anilines is 1. The van der Waals surface area contributed by atoms with Crippen LogP contribution in [-0.4, -0.2) is 35.3 Å². The Morgan fingerprint density at radius 2 is 1.46 bits per heavy atom. The number of nitrogens with zero attached hydrogens (tertiary/aromatic N) is 2. The smallest absolute Gasteiger partial charge is 0.416 e. The van der Waals surface area contributed by atoms with E-state index in [2.05, 4.69) is 4.74 Å². The summed E-state index contributed by atoms with van der Waals surface area (Å²) in [7, 11) is 0.874. The molecule has 15 heteroatoms. The lowest BCUT2D eigenvalue weighted by Crippen LogP contribution is -2.48. The van der Waals surface area contributed by atoms with Crippen molar-refractivity contribution < 1.29 is 58.9 Å². The van der Waals surface area contributed by atoms with Crippen molar-refractivity contribution in [3.8, 4) is 0 Å². The standard InChI is InChI=1S/C24H21F9N2O4/c1-3-16-10-19(17-9-13(22(25,26)27)4-5-18(17)35(16)20(36)37)34(21(38)39-2)11-12-6-14(23(28,29)30)8-15(7-12)24(31,32)33/h4-9,16,19H,3,10-11H2,1-2H3,(H,36,37)/t16-,19+/m0/s1. The van der Waals surface area contributed by atoms with E-state index in [-0.39, 0.29) is 30.2 Å². The second-order valence-corrected chi connectivity index (χ2v) is 8.75. The fourth-order valence-electron chi connectivity index (χ4n) is 4.53. The Morgan fingerprint density at radius 3 is 1.90 bits per heavy atom. The molecular formula is C24H21F9N2O4. The number of hydrogen-bond donors (Lipinski definition) is 1. The number of ether oxygens (including phenoxy) is 1. The first-order valence-corrected chi connectivity index (χ1v) is 11.2. The quantitative estimate of drug-likeness (QED) is 0.381. The van der Waals surface area contributed by atoms with Crippen LogP contribution in [0, 0.1) is 0 Å². The van der Waals surface area contributed by atoms with Gasteiger partial charge in [0.05, 0.1) is 35.5 Å². The van der Waals surface area contributed by atoms with Gasteiger partial charge in [-0.3, -0.25) is 9.80 Å². The molecule has 0 fully saturated rings. The minimum atomic E-state index is -5.18. The number of carbonyl (C=O) groups excluding carboxylic acids is 1. The Morgan fingerprint density at radius 1 is 0.923 bits per heavy atom. The fraction of sp³-hybridized carbons (Fsp3) is 0.417. The summed E-state index contributed by atoms with van der Waals surface area (Å²) < 4.78 is 126. The van der Waals surface area contributed by atoms with Crippen LogP contribution in [-0.2, 0) is 29.8 Å². The van der Waals surface area contributed by atoms with Crippen molar-refractivity contribution in [3.05, 3.63) is 64.2 Å². The van der Waals surface area contributed by atoms with E-state index < -0.39 is 71.6 Å². The zero-order valence-electron chi connectivity index (χ0n) is 20.2. The molecule has 0 unspecified atom stereocenters. The molecule has 0 saturated carbocycles. The molecule has 1 heterocycles. The molecule has 0 aliphatic carbocycles. The van der Waals surface area contributed by atoms with Crippen molar-refractivity contribution >= 4 is 17.9 Å². The molecular weight excluding hydrogens is 551 g/mol. The Bertz CT molecular complexity index is 1210. The van der Waals surface area contributed by atoms with Crippen LogP contribution in [0.25, 0.3) is 0 Å². The fourth-order valence-corrected chi connectivity index (χ4v) is 4.53. The number of rotatable bonds is 4. The van der Waals surface area contributed by atoms with E-state index >= 15 is 0 Å². The van der Waals surface area contributed by atoms with E-state index in [9.17, 15) is 54.2 Å². The summed E-state index contributed by atoms with van der Waals surface area (Å²) in [4.78, 5) is 26.3. The van der Waals surface area contributed by atoms with E-state index in [1.165, 1.54) is 0 Å². The lowest BCUT2D eigenvalue weighted by molar-refractivity contribution is -0.143. The zero-order chi connectivity index (χ0) is 29.5. The Kier molecular flexibility index (Phi) is 8.04. The highest BCUT2D eigenvalue weighted by Crippen LogP contribution is 2.45. The number of carboxylic acid groups (broad SMARTS) is 1. The average molecular weight is 572 g/mol. The van der Waals surface area contributed by atoms with Crippen LogP contribution in [0.3, 0.4) is 0 Å². The topological polar surface area (TPSA) is 70.1 Å². The molecule has 0 spiro atoms. The summed E-state index contributed by atoms with van der Waals surface area (Å²) in [5.74, 6) is 0. The Balaban J connectivity index is 2.22. The number of halogens is 9. The van der Waals surface area contributed by atoms with Gasteiger partial charge < -0.3 is 9.84 Å². The van der Waals surface area contributed by atoms with Gasteiger partial charge in [-0.15, -0.1) is 0 Å². The first-order chi connectivity index (χ1) is 17.9. The van der Waals surface area contributed by atoms with E-state index in [0.717, 1.165) is 18.1 Å². The van der Waals surface area contributed by atoms with Gasteiger partial charge in [-0.25, -0.2) is 9.59 Å². The summed E-state index contributed by atoms with van der Waals surface area (Å²) >= 11 is 0. The number of benzene rings is 2. The molecule has 1 N–H and O–H groups in total. The summed E-state index contributed by atoms with van der Waals surface area (Å²) in [6.07, 6.45) is -18.2. The maximum absolute atomic E-state index is 13.5. The zero-order valence-corrected chi connectivity index (χ0v) is 20.2. The van der Waals surface area contributed by atoms with Crippen molar-refractivity contribution in [2.75, 3.05) is 12.0 Å². The Labute approximate surface area is 215 Å². The molecule has 6 nitrogen and oxygen atoms in total. The monoisotopic (exact) mass is 572 g/mol. The number of carbonyl (C=O) groups is 2. The molecule has 0 aromatic heterocycles. The molecule has 2 aromatic rings. The van der Waals surface area contributed by atoms with Crippen LogP contribution in [0.5, 0.6) is 0 Å². The van der Waals surface area contributed by atoms with Crippen LogP contribution in [0.1, 0.15) is 53.6 Å². The minimum Gasteiger partial charge on any atom is -0.465 e. The lowest BCUT2D eigenvalue weighted by atomic mass is 9.87. The maximum Gasteiger partial charge on any atom is 0.416 e. The van der Waals surface area contributed by atoms with Crippen LogP contribution in [0.2, 0.25) is 0 Å². The van der Waals surface area contributed by atoms with E-state index in [4.69, 9.17) is 0 Å². The molecule has 0 bridgehead atoms. The predicted molar refractivity (Wildman–Crippen MR) is 118 cm³/mol. The third-order valence-corrected chi connectivity index (χ3v) is 6.30. The molecule has 39 heavy (non-hydrogen) atoms. The Hall–Kier alpha value is -3.65. The lowest BCUT2D eigenvalue weighted by Gasteiger charge is -2.43. The molecule has 214 valence electrons. The van der Waals surface area contributed by atoms with Crippen LogP contribution in [0.4, 0.5) is 54.8 Å². The highest BCUT2D eigenvalue weighted by molar-refractivity contribution is 5.89. The molecule has 2 atom stereocenters. The van der Waals surface area contributed by atoms with Gasteiger partial charge in [0.2, 0.25) is 0 Å². The second-order valence-electron chi connectivity index (χ2n) is 8.75. The van der Waals surface area contributed by atoms with Gasteiger partial charge in [0.25, 0.3) is 0 Å². The molecule has 0 saturated heterocycles. The summed E-state index contributed by atoms with van der Waals surface area (Å²) in [5, 5.41) is 9.73. The van der Waals surface area contributed by atoms with Gasteiger partial charge in [0.15, 0.2) is 0 Å². The van der Waals surface area contributed by atoms with Crippen molar-refractivity contribution in [2.45, 2.75) is 56.9 Å². The highest BCUT2D eigenvalue weighted by atomic mass is 19.4. The second kappa shape index (κ2) is 10.5. The first-order valence-electron chi connectivity index (χ1n) is 11.2. The van der Waals surface area contributed by atoms with Gasteiger partial charge in [-0.05, 0) is 60.4 Å². The van der Waals surface area contributed by atoms with Gasteiger partial charge >= 0.3 is 30.7 Å². The minimum absolute atomic E-state index is 0.102. The number of methoxy groups -OCH3 is 1. The number of amides is 2. The third-order valence-electron chi connectivity index (χ3n) is 6.30. The van der Waals surface area contributed by atoms with Crippen LogP contribution in [0.15, 0.2) is 36.4 Å². The molecule has 1 aliphatic rings. The van der Waals surface area contributed by atoms with Gasteiger partial charge in [-0.1, -0.05) is 6.92 Å². The van der Waals surface area contributed by atoms with Crippen molar-refractivity contribution in [1.82, 2.24) is 4.90 Å². The van der Waals surface area contributed by atoms with E-state index in [0.29, 0.717) is 29.2 Å². The van der Waals surface area contributed by atoms with Crippen molar-refractivity contribution in [2.24, 2.45) is 0 Å².